The average Bonchev–Trinajstić information content (AvgIpc) is 2.63. The second-order valence-corrected chi connectivity index (χ2v) is 3.98. The van der Waals surface area contributed by atoms with E-state index in [9.17, 15) is 0 Å². The predicted octanol–water partition coefficient (Wildman–Crippen LogP) is 1.23. The lowest BCUT2D eigenvalue weighted by Gasteiger charge is -2.36. The Bertz CT molecular complexity index is 257. The zero-order valence-corrected chi connectivity index (χ0v) is 8.69. The lowest BCUT2D eigenvalue weighted by atomic mass is 9.79. The molecule has 0 aromatic carbocycles. The Kier molecular flexibility index (Phi) is 3.14. The third-order valence-electron chi connectivity index (χ3n) is 2.99. The van der Waals surface area contributed by atoms with Gasteiger partial charge in [-0.3, -0.25) is 0 Å². The molecule has 0 saturated heterocycles. The maximum Gasteiger partial charge on any atom is 0.137 e. The molecule has 4 heteroatoms. The molecule has 1 heterocycles. The largest absolute Gasteiger partial charge is 0.316 e. The molecule has 1 aliphatic rings. The van der Waals surface area contributed by atoms with Gasteiger partial charge in [0, 0.05) is 0 Å². The van der Waals surface area contributed by atoms with Gasteiger partial charge in [-0.2, -0.15) is 5.10 Å². The van der Waals surface area contributed by atoms with E-state index < -0.39 is 0 Å². The molecule has 0 bridgehead atoms. The summed E-state index contributed by atoms with van der Waals surface area (Å²) in [5.74, 6) is 0.753. The molecule has 2 rings (SSSR count). The Hall–Kier alpha value is -0.900. The molecule has 1 N–H and O–H groups in total. The Morgan fingerprint density at radius 1 is 1.50 bits per heavy atom. The zero-order valence-electron chi connectivity index (χ0n) is 8.69. The average molecular weight is 194 g/mol. The highest BCUT2D eigenvalue weighted by Gasteiger charge is 2.32. The molecule has 78 valence electrons. The number of aromatic nitrogens is 3. The van der Waals surface area contributed by atoms with E-state index in [1.165, 1.54) is 19.3 Å². The maximum atomic E-state index is 4.19. The first-order valence-electron chi connectivity index (χ1n) is 5.46. The van der Waals surface area contributed by atoms with Crippen LogP contribution >= 0.6 is 0 Å². The fraction of sp³-hybridized carbons (Fsp3) is 0.800. The van der Waals surface area contributed by atoms with E-state index in [-0.39, 0.29) is 0 Å². The molecule has 1 saturated carbocycles. The van der Waals surface area contributed by atoms with Crippen molar-refractivity contribution in [3.05, 3.63) is 12.7 Å². The number of nitrogens with one attached hydrogen (secondary N) is 1. The third kappa shape index (κ3) is 1.95. The van der Waals surface area contributed by atoms with Gasteiger partial charge in [0.1, 0.15) is 12.7 Å². The normalized spacial score (nSPS) is 26.1. The van der Waals surface area contributed by atoms with Crippen LogP contribution in [0.3, 0.4) is 0 Å². The molecule has 0 amide bonds. The minimum atomic E-state index is 0.585. The summed E-state index contributed by atoms with van der Waals surface area (Å²) in [7, 11) is 0. The number of hydrogen-bond donors (Lipinski definition) is 1. The number of rotatable bonds is 5. The van der Waals surface area contributed by atoms with Crippen LogP contribution < -0.4 is 5.32 Å². The minimum absolute atomic E-state index is 0.585. The van der Waals surface area contributed by atoms with Gasteiger partial charge in [-0.1, -0.05) is 6.92 Å². The lowest BCUT2D eigenvalue weighted by molar-refractivity contribution is 0.163. The molecule has 1 fully saturated rings. The molecular formula is C10H18N4. The van der Waals surface area contributed by atoms with E-state index >= 15 is 0 Å². The molecule has 0 radical (unpaired) electrons. The summed E-state index contributed by atoms with van der Waals surface area (Å²) >= 11 is 0. The van der Waals surface area contributed by atoms with E-state index in [2.05, 4.69) is 22.3 Å². The molecule has 1 aliphatic carbocycles. The van der Waals surface area contributed by atoms with Crippen molar-refractivity contribution in [1.29, 1.82) is 0 Å². The molecule has 4 nitrogen and oxygen atoms in total. The second-order valence-electron chi connectivity index (χ2n) is 3.98. The third-order valence-corrected chi connectivity index (χ3v) is 2.99. The van der Waals surface area contributed by atoms with Crippen molar-refractivity contribution in [2.75, 3.05) is 13.1 Å². The summed E-state index contributed by atoms with van der Waals surface area (Å²) in [6, 6.07) is 0.585. The second kappa shape index (κ2) is 4.55. The summed E-state index contributed by atoms with van der Waals surface area (Å²) in [6.45, 7) is 4.45. The van der Waals surface area contributed by atoms with Gasteiger partial charge in [-0.25, -0.2) is 9.67 Å². The molecule has 0 spiro atoms. The molecule has 2 unspecified atom stereocenters. The Labute approximate surface area is 84.7 Å². The van der Waals surface area contributed by atoms with E-state index in [4.69, 9.17) is 0 Å². The van der Waals surface area contributed by atoms with Gasteiger partial charge in [0.05, 0.1) is 6.04 Å². The van der Waals surface area contributed by atoms with Gasteiger partial charge in [-0.15, -0.1) is 0 Å². The standard InChI is InChI=1S/C10H18N4/c1-2-5-11-6-9-3-4-10(9)14-8-12-7-13-14/h7-11H,2-6H2,1H3. The summed E-state index contributed by atoms with van der Waals surface area (Å²) in [5, 5.41) is 7.66. The Balaban J connectivity index is 1.79. The first-order valence-corrected chi connectivity index (χ1v) is 5.46. The predicted molar refractivity (Wildman–Crippen MR) is 54.9 cm³/mol. The summed E-state index contributed by atoms with van der Waals surface area (Å²) < 4.78 is 2.00. The topological polar surface area (TPSA) is 42.7 Å². The molecule has 1 aromatic rings. The van der Waals surface area contributed by atoms with Gasteiger partial charge in [0.15, 0.2) is 0 Å². The summed E-state index contributed by atoms with van der Waals surface area (Å²) in [6.07, 6.45) is 7.23. The van der Waals surface area contributed by atoms with Crippen LogP contribution in [-0.2, 0) is 0 Å². The van der Waals surface area contributed by atoms with Crippen molar-refractivity contribution >= 4 is 0 Å². The summed E-state index contributed by atoms with van der Waals surface area (Å²) in [5.41, 5.74) is 0. The van der Waals surface area contributed by atoms with Crippen LogP contribution in [0, 0.1) is 5.92 Å². The fourth-order valence-electron chi connectivity index (χ4n) is 1.99. The highest BCUT2D eigenvalue weighted by atomic mass is 15.3. The van der Waals surface area contributed by atoms with Crippen LogP contribution in [-0.4, -0.2) is 27.9 Å². The quantitative estimate of drug-likeness (QED) is 0.717. The Morgan fingerprint density at radius 3 is 3.00 bits per heavy atom. The zero-order chi connectivity index (χ0) is 9.80. The van der Waals surface area contributed by atoms with Crippen LogP contribution in [0.15, 0.2) is 12.7 Å². The van der Waals surface area contributed by atoms with E-state index in [0.717, 1.165) is 19.0 Å². The van der Waals surface area contributed by atoms with E-state index in [1.807, 2.05) is 11.0 Å². The number of nitrogens with zero attached hydrogens (tertiary/aromatic N) is 3. The highest BCUT2D eigenvalue weighted by molar-refractivity contribution is 4.86. The maximum absolute atomic E-state index is 4.19. The van der Waals surface area contributed by atoms with Crippen molar-refractivity contribution < 1.29 is 0 Å². The smallest absolute Gasteiger partial charge is 0.137 e. The van der Waals surface area contributed by atoms with Gasteiger partial charge in [0.25, 0.3) is 0 Å². The molecule has 1 aromatic heterocycles. The van der Waals surface area contributed by atoms with Crippen molar-refractivity contribution in [2.24, 2.45) is 5.92 Å². The van der Waals surface area contributed by atoms with Gasteiger partial charge < -0.3 is 5.32 Å². The Morgan fingerprint density at radius 2 is 2.43 bits per heavy atom. The van der Waals surface area contributed by atoms with E-state index in [1.54, 1.807) is 6.33 Å². The SMILES string of the molecule is CCCNCC1CCC1n1cncn1. The highest BCUT2D eigenvalue weighted by Crippen LogP contribution is 2.37. The van der Waals surface area contributed by atoms with Gasteiger partial charge in [-0.05, 0) is 38.3 Å². The monoisotopic (exact) mass is 194 g/mol. The molecular weight excluding hydrogens is 176 g/mol. The van der Waals surface area contributed by atoms with Crippen LogP contribution in [0.2, 0.25) is 0 Å². The van der Waals surface area contributed by atoms with Gasteiger partial charge in [0.2, 0.25) is 0 Å². The van der Waals surface area contributed by atoms with Crippen molar-refractivity contribution in [1.82, 2.24) is 20.1 Å². The fourth-order valence-corrected chi connectivity index (χ4v) is 1.99. The minimum Gasteiger partial charge on any atom is -0.316 e. The first-order chi connectivity index (χ1) is 6.92. The molecule has 14 heavy (non-hydrogen) atoms. The first kappa shape index (κ1) is 9.65. The van der Waals surface area contributed by atoms with Crippen LogP contribution in [0.25, 0.3) is 0 Å². The van der Waals surface area contributed by atoms with Crippen molar-refractivity contribution in [2.45, 2.75) is 32.2 Å². The van der Waals surface area contributed by atoms with Crippen molar-refractivity contribution in [3.63, 3.8) is 0 Å². The van der Waals surface area contributed by atoms with E-state index in [0.29, 0.717) is 6.04 Å². The van der Waals surface area contributed by atoms with Crippen molar-refractivity contribution in [3.8, 4) is 0 Å². The van der Waals surface area contributed by atoms with Gasteiger partial charge >= 0.3 is 0 Å². The lowest BCUT2D eigenvalue weighted by Crippen LogP contribution is -2.37. The summed E-state index contributed by atoms with van der Waals surface area (Å²) in [4.78, 5) is 3.99. The molecule has 0 aliphatic heterocycles. The van der Waals surface area contributed by atoms with Crippen LogP contribution in [0.5, 0.6) is 0 Å². The van der Waals surface area contributed by atoms with Crippen LogP contribution in [0.1, 0.15) is 32.2 Å². The number of hydrogen-bond acceptors (Lipinski definition) is 3. The molecule has 2 atom stereocenters. The van der Waals surface area contributed by atoms with Crippen LogP contribution in [0.4, 0.5) is 0 Å².